The molecule has 0 aliphatic carbocycles. The first-order valence-corrected chi connectivity index (χ1v) is 9.94. The average molecular weight is 412 g/mol. The molecular formula is C25H21FN4O. The van der Waals surface area contributed by atoms with Gasteiger partial charge in [-0.05, 0) is 42.3 Å². The van der Waals surface area contributed by atoms with Gasteiger partial charge in [0.1, 0.15) is 11.6 Å². The number of pyridine rings is 1. The van der Waals surface area contributed by atoms with E-state index in [2.05, 4.69) is 20.3 Å². The normalized spacial score (nSPS) is 10.6. The molecule has 0 saturated carbocycles. The first kappa shape index (κ1) is 20.3. The highest BCUT2D eigenvalue weighted by molar-refractivity contribution is 5.79. The maximum atomic E-state index is 13.3. The standard InChI is InChI=1S/C25H21FN4O/c1-17-28-16-22(23-7-2-3-12-27-23)25(30-17)20-10-8-18(9-11-20)15-29-24(31)14-19-5-4-6-21(26)13-19/h2-13,16H,14-15H2,1H3,(H,29,31). The molecular weight excluding hydrogens is 391 g/mol. The summed E-state index contributed by atoms with van der Waals surface area (Å²) in [6.45, 7) is 2.25. The molecule has 0 aliphatic heterocycles. The summed E-state index contributed by atoms with van der Waals surface area (Å²) in [7, 11) is 0. The molecule has 1 amide bonds. The van der Waals surface area contributed by atoms with Crippen molar-refractivity contribution in [3.8, 4) is 22.5 Å². The minimum absolute atomic E-state index is 0.142. The van der Waals surface area contributed by atoms with Crippen molar-refractivity contribution in [2.24, 2.45) is 0 Å². The van der Waals surface area contributed by atoms with Gasteiger partial charge >= 0.3 is 0 Å². The third kappa shape index (κ3) is 5.17. The SMILES string of the molecule is Cc1ncc(-c2ccccn2)c(-c2ccc(CNC(=O)Cc3cccc(F)c3)cc2)n1. The lowest BCUT2D eigenvalue weighted by Gasteiger charge is -2.10. The topological polar surface area (TPSA) is 67.8 Å². The van der Waals surface area contributed by atoms with E-state index in [1.807, 2.05) is 49.4 Å². The number of aryl methyl sites for hydroxylation is 1. The lowest BCUT2D eigenvalue weighted by Crippen LogP contribution is -2.24. The Bertz CT molecular complexity index is 1190. The molecule has 2 heterocycles. The molecule has 0 aliphatic rings. The van der Waals surface area contributed by atoms with Crippen LogP contribution in [-0.2, 0) is 17.8 Å². The Kier molecular flexibility index (Phi) is 6.08. The highest BCUT2D eigenvalue weighted by Crippen LogP contribution is 2.28. The number of nitrogens with zero attached hydrogens (tertiary/aromatic N) is 3. The maximum absolute atomic E-state index is 13.3. The molecule has 0 unspecified atom stereocenters. The molecule has 4 aromatic rings. The van der Waals surface area contributed by atoms with E-state index in [1.54, 1.807) is 24.5 Å². The van der Waals surface area contributed by atoms with Crippen molar-refractivity contribution in [2.75, 3.05) is 0 Å². The molecule has 31 heavy (non-hydrogen) atoms. The number of nitrogens with one attached hydrogen (secondary N) is 1. The van der Waals surface area contributed by atoms with Gasteiger partial charge in [-0.25, -0.2) is 14.4 Å². The predicted octanol–water partition coefficient (Wildman–Crippen LogP) is 4.51. The molecule has 2 aromatic carbocycles. The number of rotatable bonds is 6. The second-order valence-corrected chi connectivity index (χ2v) is 7.17. The van der Waals surface area contributed by atoms with Gasteiger partial charge in [0.25, 0.3) is 0 Å². The van der Waals surface area contributed by atoms with Crippen LogP contribution in [0.25, 0.3) is 22.5 Å². The molecule has 1 N–H and O–H groups in total. The predicted molar refractivity (Wildman–Crippen MR) is 117 cm³/mol. The Labute approximate surface area is 180 Å². The Morgan fingerprint density at radius 3 is 2.55 bits per heavy atom. The van der Waals surface area contributed by atoms with Gasteiger partial charge in [0, 0.05) is 30.1 Å². The summed E-state index contributed by atoms with van der Waals surface area (Å²) in [5.74, 6) is 0.188. The average Bonchev–Trinajstić information content (AvgIpc) is 2.79. The second-order valence-electron chi connectivity index (χ2n) is 7.17. The lowest BCUT2D eigenvalue weighted by molar-refractivity contribution is -0.120. The van der Waals surface area contributed by atoms with Gasteiger partial charge in [0.05, 0.1) is 17.8 Å². The summed E-state index contributed by atoms with van der Waals surface area (Å²) >= 11 is 0. The van der Waals surface area contributed by atoms with Gasteiger partial charge in [-0.3, -0.25) is 9.78 Å². The Morgan fingerprint density at radius 1 is 0.968 bits per heavy atom. The van der Waals surface area contributed by atoms with Crippen LogP contribution in [0.2, 0.25) is 0 Å². The summed E-state index contributed by atoms with van der Waals surface area (Å²) in [4.78, 5) is 25.5. The zero-order valence-corrected chi connectivity index (χ0v) is 17.0. The molecule has 6 heteroatoms. The summed E-state index contributed by atoms with van der Waals surface area (Å²) < 4.78 is 13.3. The van der Waals surface area contributed by atoms with Crippen LogP contribution in [0.3, 0.4) is 0 Å². The summed E-state index contributed by atoms with van der Waals surface area (Å²) in [6, 6.07) is 19.7. The van der Waals surface area contributed by atoms with Gasteiger partial charge in [-0.2, -0.15) is 0 Å². The maximum Gasteiger partial charge on any atom is 0.224 e. The van der Waals surface area contributed by atoms with E-state index in [-0.39, 0.29) is 18.1 Å². The quantitative estimate of drug-likeness (QED) is 0.506. The third-order valence-electron chi connectivity index (χ3n) is 4.82. The van der Waals surface area contributed by atoms with Crippen LogP contribution < -0.4 is 5.32 Å². The minimum atomic E-state index is -0.342. The van der Waals surface area contributed by atoms with Crippen molar-refractivity contribution >= 4 is 5.91 Å². The molecule has 0 radical (unpaired) electrons. The van der Waals surface area contributed by atoms with E-state index >= 15 is 0 Å². The number of aromatic nitrogens is 3. The highest BCUT2D eigenvalue weighted by Gasteiger charge is 2.12. The molecule has 0 bridgehead atoms. The summed E-state index contributed by atoms with van der Waals surface area (Å²) in [5, 5.41) is 2.88. The van der Waals surface area contributed by atoms with Gasteiger partial charge in [0.15, 0.2) is 0 Å². The number of hydrogen-bond acceptors (Lipinski definition) is 4. The zero-order chi connectivity index (χ0) is 21.6. The number of carbonyl (C=O) groups excluding carboxylic acids is 1. The van der Waals surface area contributed by atoms with E-state index in [0.29, 0.717) is 17.9 Å². The fourth-order valence-electron chi connectivity index (χ4n) is 3.28. The lowest BCUT2D eigenvalue weighted by atomic mass is 10.0. The monoisotopic (exact) mass is 412 g/mol. The first-order valence-electron chi connectivity index (χ1n) is 9.94. The molecule has 154 valence electrons. The van der Waals surface area contributed by atoms with Crippen LogP contribution in [0.15, 0.2) is 79.1 Å². The largest absolute Gasteiger partial charge is 0.352 e. The van der Waals surface area contributed by atoms with E-state index < -0.39 is 0 Å². The van der Waals surface area contributed by atoms with Crippen molar-refractivity contribution in [2.45, 2.75) is 19.9 Å². The van der Waals surface area contributed by atoms with Crippen molar-refractivity contribution < 1.29 is 9.18 Å². The second kappa shape index (κ2) is 9.26. The van der Waals surface area contributed by atoms with Crippen LogP contribution in [0.4, 0.5) is 4.39 Å². The van der Waals surface area contributed by atoms with Crippen LogP contribution in [0, 0.1) is 12.7 Å². The van der Waals surface area contributed by atoms with Crippen LogP contribution in [-0.4, -0.2) is 20.9 Å². The Balaban J connectivity index is 1.46. The Hall–Kier alpha value is -3.93. The molecule has 4 rings (SSSR count). The van der Waals surface area contributed by atoms with Gasteiger partial charge in [-0.15, -0.1) is 0 Å². The van der Waals surface area contributed by atoms with Gasteiger partial charge < -0.3 is 5.32 Å². The Morgan fingerprint density at radius 2 is 1.81 bits per heavy atom. The van der Waals surface area contributed by atoms with Gasteiger partial charge in [0.2, 0.25) is 5.91 Å². The summed E-state index contributed by atoms with van der Waals surface area (Å²) in [5.41, 5.74) is 5.04. The number of amides is 1. The van der Waals surface area contributed by atoms with Crippen molar-refractivity contribution in [3.63, 3.8) is 0 Å². The number of halogens is 1. The molecule has 5 nitrogen and oxygen atoms in total. The number of carbonyl (C=O) groups is 1. The highest BCUT2D eigenvalue weighted by atomic mass is 19.1. The molecule has 2 aromatic heterocycles. The van der Waals surface area contributed by atoms with Crippen molar-refractivity contribution in [3.05, 3.63) is 102 Å². The first-order chi connectivity index (χ1) is 15.1. The smallest absolute Gasteiger partial charge is 0.224 e. The van der Waals surface area contributed by atoms with E-state index in [1.165, 1.54) is 12.1 Å². The van der Waals surface area contributed by atoms with Crippen LogP contribution >= 0.6 is 0 Å². The number of hydrogen-bond donors (Lipinski definition) is 1. The fraction of sp³-hybridized carbons (Fsp3) is 0.120. The van der Waals surface area contributed by atoms with E-state index in [0.717, 1.165) is 28.1 Å². The van der Waals surface area contributed by atoms with Crippen molar-refractivity contribution in [1.82, 2.24) is 20.3 Å². The zero-order valence-electron chi connectivity index (χ0n) is 17.0. The van der Waals surface area contributed by atoms with Crippen LogP contribution in [0.5, 0.6) is 0 Å². The van der Waals surface area contributed by atoms with E-state index in [4.69, 9.17) is 0 Å². The number of benzene rings is 2. The molecule has 0 fully saturated rings. The summed E-state index contributed by atoms with van der Waals surface area (Å²) in [6.07, 6.45) is 3.68. The molecule has 0 saturated heterocycles. The van der Waals surface area contributed by atoms with E-state index in [9.17, 15) is 9.18 Å². The minimum Gasteiger partial charge on any atom is -0.352 e. The molecule has 0 atom stereocenters. The third-order valence-corrected chi connectivity index (χ3v) is 4.82. The van der Waals surface area contributed by atoms with Gasteiger partial charge in [-0.1, -0.05) is 42.5 Å². The molecule has 0 spiro atoms. The van der Waals surface area contributed by atoms with Crippen molar-refractivity contribution in [1.29, 1.82) is 0 Å². The fourth-order valence-corrected chi connectivity index (χ4v) is 3.28. The van der Waals surface area contributed by atoms with Crippen LogP contribution in [0.1, 0.15) is 17.0 Å².